The Morgan fingerprint density at radius 3 is 2.55 bits per heavy atom. The maximum atomic E-state index is 13.4. The van der Waals surface area contributed by atoms with E-state index >= 15 is 0 Å². The van der Waals surface area contributed by atoms with Crippen LogP contribution >= 0.6 is 0 Å². The molecule has 0 saturated carbocycles. The van der Waals surface area contributed by atoms with E-state index in [1.165, 1.54) is 4.90 Å². The second kappa shape index (κ2) is 14.6. The summed E-state index contributed by atoms with van der Waals surface area (Å²) in [6.07, 6.45) is 4.27. The molecule has 2 rings (SSSR count). The third kappa shape index (κ3) is 8.75. The molecular formula is C24H37N3O6. The van der Waals surface area contributed by atoms with Crippen molar-refractivity contribution in [3.05, 3.63) is 35.9 Å². The number of carbonyl (C=O) groups excluding carboxylic acids is 2. The molecule has 0 bridgehead atoms. The number of carbonyl (C=O) groups is 3. The van der Waals surface area contributed by atoms with Crippen molar-refractivity contribution in [1.82, 2.24) is 10.2 Å². The van der Waals surface area contributed by atoms with Crippen molar-refractivity contribution in [1.29, 1.82) is 0 Å². The minimum atomic E-state index is -1.01. The van der Waals surface area contributed by atoms with E-state index in [1.807, 2.05) is 30.3 Å². The van der Waals surface area contributed by atoms with Crippen LogP contribution in [0.1, 0.15) is 50.5 Å². The fraction of sp³-hybridized carbons (Fsp3) is 0.625. The van der Waals surface area contributed by atoms with Crippen LogP contribution in [0.15, 0.2) is 30.3 Å². The number of aliphatic hydroxyl groups excluding tert-OH is 1. The van der Waals surface area contributed by atoms with Crippen LogP contribution in [0.5, 0.6) is 0 Å². The summed E-state index contributed by atoms with van der Waals surface area (Å²) >= 11 is 0. The van der Waals surface area contributed by atoms with Crippen LogP contribution in [0.25, 0.3) is 0 Å². The van der Waals surface area contributed by atoms with Gasteiger partial charge < -0.3 is 25.6 Å². The van der Waals surface area contributed by atoms with Crippen LogP contribution < -0.4 is 11.1 Å². The van der Waals surface area contributed by atoms with Crippen LogP contribution in [-0.4, -0.2) is 77.4 Å². The molecule has 0 spiro atoms. The summed E-state index contributed by atoms with van der Waals surface area (Å²) in [5, 5.41) is 21.7. The predicted molar refractivity (Wildman–Crippen MR) is 123 cm³/mol. The molecule has 3 unspecified atom stereocenters. The smallest absolute Gasteiger partial charge is 0.328 e. The van der Waals surface area contributed by atoms with Crippen molar-refractivity contribution >= 4 is 17.8 Å². The minimum absolute atomic E-state index is 0.0761. The van der Waals surface area contributed by atoms with Gasteiger partial charge in [-0.15, -0.1) is 0 Å². The maximum absolute atomic E-state index is 13.4. The van der Waals surface area contributed by atoms with Crippen molar-refractivity contribution in [3.8, 4) is 0 Å². The van der Waals surface area contributed by atoms with Gasteiger partial charge in [0.1, 0.15) is 12.1 Å². The number of nitrogens with zero attached hydrogens (tertiary/aromatic N) is 1. The van der Waals surface area contributed by atoms with Gasteiger partial charge in [-0.2, -0.15) is 0 Å². The van der Waals surface area contributed by atoms with Gasteiger partial charge in [0.2, 0.25) is 5.91 Å². The highest BCUT2D eigenvalue weighted by Gasteiger charge is 2.38. The number of unbranched alkanes of at least 4 members (excludes halogenated alkanes) is 1. The number of carboxylic acids is 1. The molecule has 0 radical (unpaired) electrons. The first-order valence-corrected chi connectivity index (χ1v) is 11.8. The van der Waals surface area contributed by atoms with E-state index in [0.29, 0.717) is 58.0 Å². The number of carboxylic acid groups (broad SMARTS) is 1. The summed E-state index contributed by atoms with van der Waals surface area (Å²) in [5.41, 5.74) is 6.63. The van der Waals surface area contributed by atoms with Gasteiger partial charge in [-0.05, 0) is 50.6 Å². The lowest BCUT2D eigenvalue weighted by Gasteiger charge is -2.30. The van der Waals surface area contributed by atoms with Gasteiger partial charge in [-0.25, -0.2) is 4.79 Å². The van der Waals surface area contributed by atoms with Crippen molar-refractivity contribution < 1.29 is 29.3 Å². The number of ether oxygens (including phenoxy) is 1. The number of aliphatic hydroxyl groups is 1. The largest absolute Gasteiger partial charge is 0.480 e. The van der Waals surface area contributed by atoms with Gasteiger partial charge in [0.05, 0.1) is 12.6 Å². The molecule has 9 nitrogen and oxygen atoms in total. The first-order chi connectivity index (χ1) is 16.0. The number of amides is 1. The van der Waals surface area contributed by atoms with Gasteiger partial charge in [-0.3, -0.25) is 14.9 Å². The summed E-state index contributed by atoms with van der Waals surface area (Å²) in [5.74, 6) is -1.77. The van der Waals surface area contributed by atoms with E-state index in [9.17, 15) is 19.5 Å². The Hall–Kier alpha value is -2.49. The Morgan fingerprint density at radius 1 is 1.12 bits per heavy atom. The lowest BCUT2D eigenvalue weighted by Crippen LogP contribution is -2.54. The molecule has 1 amide bonds. The van der Waals surface area contributed by atoms with E-state index in [1.54, 1.807) is 0 Å². The Kier molecular flexibility index (Phi) is 11.9. The summed E-state index contributed by atoms with van der Waals surface area (Å²) in [6, 6.07) is 7.32. The molecule has 1 aromatic rings. The lowest BCUT2D eigenvalue weighted by molar-refractivity contribution is -0.154. The zero-order valence-corrected chi connectivity index (χ0v) is 19.2. The van der Waals surface area contributed by atoms with Crippen LogP contribution in [0.3, 0.4) is 0 Å². The van der Waals surface area contributed by atoms with Crippen molar-refractivity contribution in [3.63, 3.8) is 0 Å². The number of nitrogens with one attached hydrogen (secondary N) is 1. The maximum Gasteiger partial charge on any atom is 0.328 e. The van der Waals surface area contributed by atoms with Crippen molar-refractivity contribution in [2.45, 2.75) is 69.5 Å². The molecule has 1 aliphatic rings. The fourth-order valence-electron chi connectivity index (χ4n) is 4.06. The Bertz CT molecular complexity index is 745. The third-order valence-electron chi connectivity index (χ3n) is 5.86. The highest BCUT2D eigenvalue weighted by atomic mass is 16.5. The molecule has 1 aliphatic heterocycles. The minimum Gasteiger partial charge on any atom is -0.480 e. The number of esters is 1. The first kappa shape index (κ1) is 26.8. The van der Waals surface area contributed by atoms with Gasteiger partial charge in [0.15, 0.2) is 0 Å². The summed E-state index contributed by atoms with van der Waals surface area (Å²) in [7, 11) is 0. The average Bonchev–Trinajstić information content (AvgIpc) is 3.31. The number of aliphatic carboxylic acids is 1. The number of aryl methyl sites for hydroxylation is 1. The number of nitrogens with two attached hydrogens (primary N) is 1. The second-order valence-electron chi connectivity index (χ2n) is 8.35. The topological polar surface area (TPSA) is 142 Å². The standard InChI is InChI=1S/C24H37N3O6/c25-14-5-4-10-19(26-20(23(30)31)13-12-18-8-2-1-3-9-18)22(29)27-15-6-11-21(27)24(32)33-17-7-16-28/h1-3,8-9,19-21,26,28H,4-7,10-17,25H2,(H,30,31). The number of hydrogen-bond donors (Lipinski definition) is 4. The van der Waals surface area contributed by atoms with E-state index < -0.39 is 30.1 Å². The molecule has 3 atom stereocenters. The van der Waals surface area contributed by atoms with E-state index in [0.717, 1.165) is 12.0 Å². The second-order valence-corrected chi connectivity index (χ2v) is 8.35. The molecular weight excluding hydrogens is 426 g/mol. The molecule has 1 aromatic carbocycles. The van der Waals surface area contributed by atoms with Crippen molar-refractivity contribution in [2.75, 3.05) is 26.3 Å². The molecule has 5 N–H and O–H groups in total. The van der Waals surface area contributed by atoms with Crippen LogP contribution in [0, 0.1) is 0 Å². The van der Waals surface area contributed by atoms with E-state index in [2.05, 4.69) is 5.32 Å². The Labute approximate surface area is 195 Å². The van der Waals surface area contributed by atoms with Crippen LogP contribution in [0.4, 0.5) is 0 Å². The van der Waals surface area contributed by atoms with E-state index in [-0.39, 0.29) is 19.1 Å². The number of hydrogen-bond acceptors (Lipinski definition) is 7. The highest BCUT2D eigenvalue weighted by molar-refractivity contribution is 5.88. The van der Waals surface area contributed by atoms with Gasteiger partial charge in [0.25, 0.3) is 0 Å². The van der Waals surface area contributed by atoms with Gasteiger partial charge in [-0.1, -0.05) is 36.8 Å². The normalized spacial score (nSPS) is 17.5. The fourth-order valence-corrected chi connectivity index (χ4v) is 4.06. The first-order valence-electron chi connectivity index (χ1n) is 11.8. The molecule has 0 aliphatic carbocycles. The zero-order chi connectivity index (χ0) is 24.1. The number of rotatable bonds is 15. The molecule has 9 heteroatoms. The lowest BCUT2D eigenvalue weighted by atomic mass is 10.0. The highest BCUT2D eigenvalue weighted by Crippen LogP contribution is 2.21. The number of benzene rings is 1. The number of likely N-dealkylation sites (tertiary alicyclic amines) is 1. The monoisotopic (exact) mass is 463 g/mol. The predicted octanol–water partition coefficient (Wildman–Crippen LogP) is 1.08. The summed E-state index contributed by atoms with van der Waals surface area (Å²) in [6.45, 7) is 0.941. The van der Waals surface area contributed by atoms with Crippen LogP contribution in [0.2, 0.25) is 0 Å². The van der Waals surface area contributed by atoms with Gasteiger partial charge in [0, 0.05) is 19.6 Å². The molecule has 1 heterocycles. The quantitative estimate of drug-likeness (QED) is 0.224. The van der Waals surface area contributed by atoms with E-state index in [4.69, 9.17) is 15.6 Å². The molecule has 1 saturated heterocycles. The Balaban J connectivity index is 2.07. The van der Waals surface area contributed by atoms with Crippen molar-refractivity contribution in [2.24, 2.45) is 5.73 Å². The molecule has 0 aromatic heterocycles. The SMILES string of the molecule is NCCCCC(NC(CCc1ccccc1)C(=O)O)C(=O)N1CCCC1C(=O)OCCCO. The van der Waals surface area contributed by atoms with Gasteiger partial charge >= 0.3 is 11.9 Å². The zero-order valence-electron chi connectivity index (χ0n) is 19.2. The third-order valence-corrected chi connectivity index (χ3v) is 5.86. The molecule has 1 fully saturated rings. The Morgan fingerprint density at radius 2 is 1.88 bits per heavy atom. The van der Waals surface area contributed by atoms with Crippen LogP contribution in [-0.2, 0) is 25.5 Å². The molecule has 33 heavy (non-hydrogen) atoms. The summed E-state index contributed by atoms with van der Waals surface area (Å²) in [4.78, 5) is 39.3. The molecule has 184 valence electrons. The average molecular weight is 464 g/mol. The summed E-state index contributed by atoms with van der Waals surface area (Å²) < 4.78 is 5.21.